The molecule has 1 unspecified atom stereocenters. The highest BCUT2D eigenvalue weighted by Crippen LogP contribution is 2.35. The van der Waals surface area contributed by atoms with Gasteiger partial charge in [0.2, 0.25) is 0 Å². The van der Waals surface area contributed by atoms with Gasteiger partial charge >= 0.3 is 0 Å². The number of aliphatic hydroxyl groups excluding tert-OH is 1. The van der Waals surface area contributed by atoms with Crippen LogP contribution in [0.4, 0.5) is 5.69 Å². The molecular weight excluding hydrogens is 192 g/mol. The predicted molar refractivity (Wildman–Crippen MR) is 58.7 cm³/mol. The van der Waals surface area contributed by atoms with E-state index in [4.69, 9.17) is 10.5 Å². The summed E-state index contributed by atoms with van der Waals surface area (Å²) in [5.41, 5.74) is 8.52. The molecule has 1 atom stereocenters. The van der Waals surface area contributed by atoms with Crippen molar-refractivity contribution in [3.05, 3.63) is 23.3 Å². The number of ether oxygens (including phenoxy) is 1. The van der Waals surface area contributed by atoms with Crippen molar-refractivity contribution in [2.75, 3.05) is 26.4 Å². The number of β-amino-alcohol motifs (C(OH)–C–C–N with tert-alkyl or cyclic N) is 1. The number of likely N-dealkylation sites (N-methyl/N-ethyl adjacent to an activating group) is 1. The summed E-state index contributed by atoms with van der Waals surface area (Å²) in [5.74, 6) is 0.677. The van der Waals surface area contributed by atoms with Gasteiger partial charge in [-0.25, -0.2) is 0 Å². The molecule has 0 radical (unpaired) electrons. The van der Waals surface area contributed by atoms with Crippen molar-refractivity contribution < 1.29 is 9.84 Å². The van der Waals surface area contributed by atoms with Crippen LogP contribution in [-0.4, -0.2) is 30.7 Å². The van der Waals surface area contributed by atoms with E-state index in [1.165, 1.54) is 0 Å². The Balaban J connectivity index is 2.51. The molecule has 0 spiro atoms. The third kappa shape index (κ3) is 1.66. The molecule has 0 amide bonds. The number of nitrogen functional groups attached to an aromatic ring is 1. The van der Waals surface area contributed by atoms with Crippen molar-refractivity contribution in [1.82, 2.24) is 4.90 Å². The van der Waals surface area contributed by atoms with Gasteiger partial charge in [-0.1, -0.05) is 6.07 Å². The average Bonchev–Trinajstić information content (AvgIpc) is 2.19. The van der Waals surface area contributed by atoms with E-state index in [1.807, 2.05) is 24.1 Å². The summed E-state index contributed by atoms with van der Waals surface area (Å²) >= 11 is 0. The van der Waals surface area contributed by atoms with Gasteiger partial charge in [-0.15, -0.1) is 0 Å². The highest BCUT2D eigenvalue weighted by molar-refractivity contribution is 5.62. The van der Waals surface area contributed by atoms with Gasteiger partial charge in [0.05, 0.1) is 18.9 Å². The van der Waals surface area contributed by atoms with E-state index in [0.29, 0.717) is 18.0 Å². The highest BCUT2D eigenvalue weighted by atomic mass is 16.5. The molecule has 0 saturated carbocycles. The molecule has 0 aromatic heterocycles. The number of anilines is 1. The van der Waals surface area contributed by atoms with Crippen molar-refractivity contribution in [1.29, 1.82) is 0 Å². The number of nitrogens with two attached hydrogens (primary N) is 1. The Morgan fingerprint density at radius 1 is 1.53 bits per heavy atom. The predicted octanol–water partition coefficient (Wildman–Crippen LogP) is 0.756. The van der Waals surface area contributed by atoms with Gasteiger partial charge in [-0.3, -0.25) is 4.90 Å². The highest BCUT2D eigenvalue weighted by Gasteiger charge is 2.24. The summed E-state index contributed by atoms with van der Waals surface area (Å²) in [5, 5.41) is 9.88. The van der Waals surface area contributed by atoms with E-state index < -0.39 is 6.10 Å². The van der Waals surface area contributed by atoms with Crippen LogP contribution in [0.25, 0.3) is 0 Å². The first kappa shape index (κ1) is 10.3. The van der Waals surface area contributed by atoms with Crippen LogP contribution in [0.2, 0.25) is 0 Å². The van der Waals surface area contributed by atoms with E-state index in [-0.39, 0.29) is 0 Å². The molecule has 4 heteroatoms. The minimum Gasteiger partial charge on any atom is -0.495 e. The van der Waals surface area contributed by atoms with Crippen LogP contribution in [0.5, 0.6) is 5.75 Å². The maximum Gasteiger partial charge on any atom is 0.142 e. The molecule has 3 N–H and O–H groups in total. The molecule has 1 aromatic carbocycles. The Morgan fingerprint density at radius 3 is 2.93 bits per heavy atom. The van der Waals surface area contributed by atoms with Crippen LogP contribution in [0.15, 0.2) is 12.1 Å². The normalized spacial score (nSPS) is 21.1. The Morgan fingerprint density at radius 2 is 2.27 bits per heavy atom. The van der Waals surface area contributed by atoms with E-state index in [1.54, 1.807) is 7.11 Å². The number of nitrogens with zero attached hydrogens (tertiary/aromatic N) is 1. The lowest BCUT2D eigenvalue weighted by molar-refractivity contribution is 0.108. The van der Waals surface area contributed by atoms with Crippen LogP contribution in [0.1, 0.15) is 17.2 Å². The van der Waals surface area contributed by atoms with Gasteiger partial charge in [-0.05, 0) is 24.2 Å². The zero-order chi connectivity index (χ0) is 11.0. The van der Waals surface area contributed by atoms with Crippen molar-refractivity contribution in [2.24, 2.45) is 0 Å². The Hall–Kier alpha value is -1.26. The van der Waals surface area contributed by atoms with Crippen molar-refractivity contribution >= 4 is 5.69 Å². The summed E-state index contributed by atoms with van der Waals surface area (Å²) in [6.07, 6.45) is -0.452. The number of methoxy groups -OCH3 is 1. The van der Waals surface area contributed by atoms with Crippen LogP contribution in [-0.2, 0) is 6.54 Å². The van der Waals surface area contributed by atoms with Gasteiger partial charge in [0, 0.05) is 13.1 Å². The van der Waals surface area contributed by atoms with E-state index in [2.05, 4.69) is 0 Å². The third-order valence-electron chi connectivity index (χ3n) is 2.84. The average molecular weight is 208 g/mol. The van der Waals surface area contributed by atoms with Gasteiger partial charge in [0.1, 0.15) is 5.75 Å². The Kier molecular flexibility index (Phi) is 2.54. The fourth-order valence-corrected chi connectivity index (χ4v) is 2.05. The van der Waals surface area contributed by atoms with E-state index in [9.17, 15) is 5.11 Å². The van der Waals surface area contributed by atoms with Gasteiger partial charge < -0.3 is 15.6 Å². The zero-order valence-corrected chi connectivity index (χ0v) is 9.03. The molecule has 0 aliphatic carbocycles. The largest absolute Gasteiger partial charge is 0.495 e. The molecule has 15 heavy (non-hydrogen) atoms. The van der Waals surface area contributed by atoms with E-state index in [0.717, 1.165) is 17.7 Å². The minimum atomic E-state index is -0.452. The molecule has 1 aromatic rings. The van der Waals surface area contributed by atoms with Crippen molar-refractivity contribution in [3.8, 4) is 5.75 Å². The number of fused-ring (bicyclic) bond motifs is 1. The first-order valence-corrected chi connectivity index (χ1v) is 4.95. The smallest absolute Gasteiger partial charge is 0.142 e. The molecule has 0 saturated heterocycles. The number of benzene rings is 1. The molecule has 82 valence electrons. The second kappa shape index (κ2) is 3.72. The molecule has 0 bridgehead atoms. The minimum absolute atomic E-state index is 0.452. The van der Waals surface area contributed by atoms with Gasteiger partial charge in [0.25, 0.3) is 0 Å². The fraction of sp³-hybridized carbons (Fsp3) is 0.455. The first-order valence-electron chi connectivity index (χ1n) is 4.95. The summed E-state index contributed by atoms with van der Waals surface area (Å²) in [7, 11) is 3.56. The van der Waals surface area contributed by atoms with Crippen molar-refractivity contribution in [3.63, 3.8) is 0 Å². The lowest BCUT2D eigenvalue weighted by atomic mass is 9.96. The van der Waals surface area contributed by atoms with Crippen LogP contribution < -0.4 is 10.5 Å². The number of rotatable bonds is 1. The number of hydrogen-bond acceptors (Lipinski definition) is 4. The molecule has 1 heterocycles. The van der Waals surface area contributed by atoms with E-state index >= 15 is 0 Å². The zero-order valence-electron chi connectivity index (χ0n) is 9.03. The second-order valence-electron chi connectivity index (χ2n) is 3.96. The third-order valence-corrected chi connectivity index (χ3v) is 2.84. The summed E-state index contributed by atoms with van der Waals surface area (Å²) in [6.45, 7) is 1.41. The number of hydrogen-bond donors (Lipinski definition) is 2. The molecule has 4 nitrogen and oxygen atoms in total. The second-order valence-corrected chi connectivity index (χ2v) is 3.96. The SMILES string of the molecule is COc1ccc2c(c1N)CN(C)CC2O. The maximum absolute atomic E-state index is 9.88. The Bertz CT molecular complexity index is 379. The molecule has 1 aliphatic rings. The lowest BCUT2D eigenvalue weighted by Crippen LogP contribution is -2.31. The molecule has 1 aliphatic heterocycles. The number of aliphatic hydroxyl groups is 1. The monoisotopic (exact) mass is 208 g/mol. The maximum atomic E-state index is 9.88. The fourth-order valence-electron chi connectivity index (χ4n) is 2.05. The summed E-state index contributed by atoms with van der Waals surface area (Å²) in [6, 6.07) is 3.70. The molecular formula is C11H16N2O2. The summed E-state index contributed by atoms with van der Waals surface area (Å²) < 4.78 is 5.16. The quantitative estimate of drug-likeness (QED) is 0.669. The lowest BCUT2D eigenvalue weighted by Gasteiger charge is -2.30. The topological polar surface area (TPSA) is 58.7 Å². The van der Waals surface area contributed by atoms with Crippen LogP contribution in [0, 0.1) is 0 Å². The first-order chi connectivity index (χ1) is 7.13. The molecule has 0 fully saturated rings. The summed E-state index contributed by atoms with van der Waals surface area (Å²) in [4.78, 5) is 2.04. The van der Waals surface area contributed by atoms with Crippen molar-refractivity contribution in [2.45, 2.75) is 12.6 Å². The van der Waals surface area contributed by atoms with Gasteiger partial charge in [0.15, 0.2) is 0 Å². The van der Waals surface area contributed by atoms with Gasteiger partial charge in [-0.2, -0.15) is 0 Å². The molecule has 2 rings (SSSR count). The van der Waals surface area contributed by atoms with Crippen LogP contribution >= 0.6 is 0 Å². The Labute approximate surface area is 89.3 Å². The van der Waals surface area contributed by atoms with Crippen LogP contribution in [0.3, 0.4) is 0 Å². The standard InChI is InChI=1S/C11H16N2O2/c1-13-5-8-7(9(14)6-13)3-4-10(15-2)11(8)12/h3-4,9,14H,5-6,12H2,1-2H3.